The van der Waals surface area contributed by atoms with E-state index in [1.54, 1.807) is 6.92 Å². The maximum absolute atomic E-state index is 13.7. The van der Waals surface area contributed by atoms with E-state index in [4.69, 9.17) is 0 Å². The number of halogens is 2. The number of urea groups is 1. The smallest absolute Gasteiger partial charge is 0.321 e. The summed E-state index contributed by atoms with van der Waals surface area (Å²) in [6, 6.07) is 2.74. The van der Waals surface area contributed by atoms with Gasteiger partial charge in [-0.1, -0.05) is 39.7 Å². The number of nitrogens with one attached hydrogen (secondary N) is 3. The van der Waals surface area contributed by atoms with Crippen molar-refractivity contribution in [1.82, 2.24) is 15.5 Å². The molecular formula is C21H30F2N4O3. The highest BCUT2D eigenvalue weighted by atomic mass is 19.1. The van der Waals surface area contributed by atoms with Crippen LogP contribution in [-0.4, -0.2) is 48.4 Å². The summed E-state index contributed by atoms with van der Waals surface area (Å²) in [5.74, 6) is -2.15. The second-order valence-corrected chi connectivity index (χ2v) is 7.84. The van der Waals surface area contributed by atoms with Crippen molar-refractivity contribution in [1.29, 1.82) is 0 Å². The third-order valence-corrected chi connectivity index (χ3v) is 5.69. The molecule has 0 spiro atoms. The molecule has 3 atom stereocenters. The molecule has 0 heterocycles. The van der Waals surface area contributed by atoms with Crippen molar-refractivity contribution < 1.29 is 23.2 Å². The maximum Gasteiger partial charge on any atom is 0.321 e. The summed E-state index contributed by atoms with van der Waals surface area (Å²) in [5.41, 5.74) is -0.529. The number of rotatable bonds is 7. The van der Waals surface area contributed by atoms with Gasteiger partial charge in [0.05, 0.1) is 13.1 Å². The van der Waals surface area contributed by atoms with E-state index in [0.717, 1.165) is 31.4 Å². The molecule has 1 aliphatic rings. The van der Waals surface area contributed by atoms with Gasteiger partial charge in [-0.2, -0.15) is 0 Å². The fourth-order valence-electron chi connectivity index (χ4n) is 3.64. The summed E-state index contributed by atoms with van der Waals surface area (Å²) >= 11 is 0. The van der Waals surface area contributed by atoms with Gasteiger partial charge in [0.2, 0.25) is 11.8 Å². The van der Waals surface area contributed by atoms with Crippen LogP contribution in [0.4, 0.5) is 19.3 Å². The van der Waals surface area contributed by atoms with Crippen molar-refractivity contribution in [2.45, 2.75) is 46.1 Å². The molecule has 1 saturated carbocycles. The normalized spacial score (nSPS) is 21.2. The average molecular weight is 424 g/mol. The molecular weight excluding hydrogens is 394 g/mol. The molecule has 4 amide bonds. The second kappa shape index (κ2) is 11.0. The van der Waals surface area contributed by atoms with E-state index >= 15 is 0 Å². The lowest BCUT2D eigenvalue weighted by Crippen LogP contribution is -2.51. The quantitative estimate of drug-likeness (QED) is 0.628. The lowest BCUT2D eigenvalue weighted by molar-refractivity contribution is -0.122. The Morgan fingerprint density at radius 1 is 1.07 bits per heavy atom. The molecule has 0 saturated heterocycles. The number of carbonyl (C=O) groups is 3. The van der Waals surface area contributed by atoms with Crippen LogP contribution in [-0.2, 0) is 9.59 Å². The first-order valence-electron chi connectivity index (χ1n) is 10.3. The molecule has 3 N–H and O–H groups in total. The first kappa shape index (κ1) is 23.7. The number of hydrogen-bond acceptors (Lipinski definition) is 4. The van der Waals surface area contributed by atoms with E-state index in [1.165, 1.54) is 11.0 Å². The molecule has 1 aliphatic carbocycles. The summed E-state index contributed by atoms with van der Waals surface area (Å²) in [7, 11) is 0. The van der Waals surface area contributed by atoms with Crippen molar-refractivity contribution in [2.75, 3.05) is 25.0 Å². The molecule has 1 aromatic carbocycles. The molecule has 30 heavy (non-hydrogen) atoms. The molecule has 0 aliphatic heterocycles. The lowest BCUT2D eigenvalue weighted by Gasteiger charge is -2.34. The van der Waals surface area contributed by atoms with Crippen molar-refractivity contribution in [3.63, 3.8) is 0 Å². The fourth-order valence-corrected chi connectivity index (χ4v) is 3.64. The van der Waals surface area contributed by atoms with E-state index < -0.39 is 35.2 Å². The number of nitrogens with zero attached hydrogens (tertiary/aromatic N) is 1. The van der Waals surface area contributed by atoms with Crippen molar-refractivity contribution >= 4 is 23.5 Å². The minimum Gasteiger partial charge on any atom is -0.335 e. The van der Waals surface area contributed by atoms with Gasteiger partial charge in [0.25, 0.3) is 0 Å². The van der Waals surface area contributed by atoms with E-state index in [2.05, 4.69) is 29.8 Å². The van der Waals surface area contributed by atoms with Crippen molar-refractivity contribution in [3.8, 4) is 0 Å². The van der Waals surface area contributed by atoms with Crippen LogP contribution in [0.15, 0.2) is 18.2 Å². The first-order valence-corrected chi connectivity index (χ1v) is 10.3. The average Bonchev–Trinajstić information content (AvgIpc) is 2.67. The third kappa shape index (κ3) is 6.76. The van der Waals surface area contributed by atoms with Crippen LogP contribution in [0.25, 0.3) is 0 Å². The van der Waals surface area contributed by atoms with E-state index in [-0.39, 0.29) is 19.1 Å². The SMILES string of the molecule is CCN(CC(=O)NC(=O)N[C@@H]1CCC[C@@H](C)[C@@H]1C)CC(=O)Nc1c(F)cccc1F. The van der Waals surface area contributed by atoms with E-state index in [0.29, 0.717) is 18.4 Å². The monoisotopic (exact) mass is 424 g/mol. The molecule has 0 bridgehead atoms. The molecule has 166 valence electrons. The number of carbonyl (C=O) groups excluding carboxylic acids is 3. The summed E-state index contributed by atoms with van der Waals surface area (Å²) in [6.45, 7) is 5.85. The maximum atomic E-state index is 13.7. The number of anilines is 1. The number of para-hydroxylation sites is 1. The minimum atomic E-state index is -0.882. The van der Waals surface area contributed by atoms with Crippen LogP contribution in [0.2, 0.25) is 0 Å². The zero-order valence-corrected chi connectivity index (χ0v) is 17.6. The minimum absolute atomic E-state index is 0.0188. The van der Waals surface area contributed by atoms with Crippen LogP contribution < -0.4 is 16.0 Å². The van der Waals surface area contributed by atoms with Crippen LogP contribution in [0, 0.1) is 23.5 Å². The number of amides is 4. The predicted molar refractivity (Wildman–Crippen MR) is 110 cm³/mol. The van der Waals surface area contributed by atoms with Gasteiger partial charge >= 0.3 is 6.03 Å². The highest BCUT2D eigenvalue weighted by Crippen LogP contribution is 2.29. The van der Waals surface area contributed by atoms with Gasteiger partial charge in [0, 0.05) is 6.04 Å². The molecule has 0 radical (unpaired) electrons. The van der Waals surface area contributed by atoms with Gasteiger partial charge in [-0.25, -0.2) is 13.6 Å². The fraction of sp³-hybridized carbons (Fsp3) is 0.571. The predicted octanol–water partition coefficient (Wildman–Crippen LogP) is 2.88. The van der Waals surface area contributed by atoms with Gasteiger partial charge in [0.1, 0.15) is 17.3 Å². The van der Waals surface area contributed by atoms with Gasteiger partial charge in [0.15, 0.2) is 0 Å². The molecule has 0 aromatic heterocycles. The van der Waals surface area contributed by atoms with Gasteiger partial charge in [-0.3, -0.25) is 19.8 Å². The second-order valence-electron chi connectivity index (χ2n) is 7.84. The Bertz CT molecular complexity index is 754. The zero-order chi connectivity index (χ0) is 22.3. The van der Waals surface area contributed by atoms with Crippen LogP contribution in [0.1, 0.15) is 40.0 Å². The number of imide groups is 1. The molecule has 2 rings (SSSR count). The standard InChI is InChI=1S/C21H30F2N4O3/c1-4-27(11-18(28)25-20-15(22)8-6-9-16(20)23)12-19(29)26-21(30)24-17-10-5-7-13(2)14(17)3/h6,8-9,13-14,17H,4-5,7,10-12H2,1-3H3,(H,25,28)(H2,24,26,29,30)/t13-,14+,17-/m1/s1. The molecule has 0 unspecified atom stereocenters. The summed E-state index contributed by atoms with van der Waals surface area (Å²) in [4.78, 5) is 37.9. The zero-order valence-electron chi connectivity index (χ0n) is 17.6. The number of benzene rings is 1. The largest absolute Gasteiger partial charge is 0.335 e. The van der Waals surface area contributed by atoms with Crippen molar-refractivity contribution in [2.24, 2.45) is 11.8 Å². The Hall–Kier alpha value is -2.55. The third-order valence-electron chi connectivity index (χ3n) is 5.69. The van der Waals surface area contributed by atoms with E-state index in [9.17, 15) is 23.2 Å². The molecule has 1 fully saturated rings. The van der Waals surface area contributed by atoms with Gasteiger partial charge in [-0.15, -0.1) is 0 Å². The summed E-state index contributed by atoms with van der Waals surface area (Å²) in [5, 5.41) is 7.32. The Morgan fingerprint density at radius 2 is 1.70 bits per heavy atom. The van der Waals surface area contributed by atoms with Gasteiger partial charge in [-0.05, 0) is 36.9 Å². The first-order chi connectivity index (χ1) is 14.2. The van der Waals surface area contributed by atoms with E-state index in [1.807, 2.05) is 0 Å². The summed E-state index contributed by atoms with van der Waals surface area (Å²) < 4.78 is 27.3. The highest BCUT2D eigenvalue weighted by Gasteiger charge is 2.28. The van der Waals surface area contributed by atoms with Crippen molar-refractivity contribution in [3.05, 3.63) is 29.8 Å². The molecule has 9 heteroatoms. The molecule has 7 nitrogen and oxygen atoms in total. The highest BCUT2D eigenvalue weighted by molar-refractivity contribution is 5.96. The molecule has 1 aromatic rings. The number of likely N-dealkylation sites (N-methyl/N-ethyl adjacent to an activating group) is 1. The Morgan fingerprint density at radius 3 is 2.33 bits per heavy atom. The van der Waals surface area contributed by atoms with Gasteiger partial charge < -0.3 is 10.6 Å². The topological polar surface area (TPSA) is 90.5 Å². The van der Waals surface area contributed by atoms with Crippen LogP contribution in [0.5, 0.6) is 0 Å². The lowest BCUT2D eigenvalue weighted by atomic mass is 9.78. The van der Waals surface area contributed by atoms with Crippen LogP contribution in [0.3, 0.4) is 0 Å². The Kier molecular flexibility index (Phi) is 8.71. The van der Waals surface area contributed by atoms with Crippen LogP contribution >= 0.6 is 0 Å². The summed E-state index contributed by atoms with van der Waals surface area (Å²) in [6.07, 6.45) is 3.04. The Labute approximate surface area is 175 Å². The Balaban J connectivity index is 1.82. The number of hydrogen-bond donors (Lipinski definition) is 3.